The number of rotatable bonds is 11. The summed E-state index contributed by atoms with van der Waals surface area (Å²) < 4.78 is 63.3. The fourth-order valence-corrected chi connectivity index (χ4v) is 12.4. The van der Waals surface area contributed by atoms with E-state index in [1.165, 1.54) is 0 Å². The number of hydrogen-bond acceptors (Lipinski definition) is 9. The summed E-state index contributed by atoms with van der Waals surface area (Å²) in [6.07, 6.45) is 6.95. The first-order valence-electron chi connectivity index (χ1n) is 23.4. The van der Waals surface area contributed by atoms with Gasteiger partial charge in [0.2, 0.25) is 0 Å². The minimum atomic E-state index is -2.05. The highest BCUT2D eigenvalue weighted by Gasteiger charge is 2.62. The molecule has 6 fully saturated rings. The Labute approximate surface area is 368 Å². The molecule has 2 aromatic carbocycles. The molecule has 15 atom stereocenters. The lowest BCUT2D eigenvalue weighted by Gasteiger charge is -2.59. The maximum Gasteiger partial charge on any atom is 0.192 e. The van der Waals surface area contributed by atoms with E-state index in [4.69, 9.17) is 42.3 Å². The molecule has 0 saturated carbocycles. The summed E-state index contributed by atoms with van der Waals surface area (Å²) in [5.41, 5.74) is 0.144. The normalized spacial score (nSPS) is 42.7. The third kappa shape index (κ3) is 9.43. The molecule has 0 amide bonds. The molecule has 0 spiro atoms. The van der Waals surface area contributed by atoms with Gasteiger partial charge in [-0.3, -0.25) is 0 Å². The summed E-state index contributed by atoms with van der Waals surface area (Å²) in [5.74, 6) is 0.222. The zero-order chi connectivity index (χ0) is 43.4. The van der Waals surface area contributed by atoms with Crippen LogP contribution in [0.5, 0.6) is 0 Å². The van der Waals surface area contributed by atoms with Crippen LogP contribution >= 0.6 is 0 Å². The molecule has 8 rings (SSSR count). The van der Waals surface area contributed by atoms with Gasteiger partial charge in [0.05, 0.1) is 90.6 Å². The van der Waals surface area contributed by atoms with Gasteiger partial charge in [-0.15, -0.1) is 6.58 Å². The summed E-state index contributed by atoms with van der Waals surface area (Å²) in [5, 5.41) is 0.0926. The zero-order valence-electron chi connectivity index (χ0n) is 38.9. The highest BCUT2D eigenvalue weighted by atomic mass is 28.4. The molecule has 0 aromatic heterocycles. The van der Waals surface area contributed by atoms with Crippen LogP contribution < -0.4 is 0 Å². The first kappa shape index (κ1) is 45.6. The molecule has 6 heterocycles. The Morgan fingerprint density at radius 3 is 2.10 bits per heavy atom. The second kappa shape index (κ2) is 17.4. The molecule has 9 nitrogen and oxygen atoms in total. The van der Waals surface area contributed by atoms with Crippen molar-refractivity contribution in [2.24, 2.45) is 5.92 Å². The van der Waals surface area contributed by atoms with Gasteiger partial charge >= 0.3 is 0 Å². The maximum atomic E-state index is 7.38. The molecule has 0 radical (unpaired) electrons. The van der Waals surface area contributed by atoms with Crippen LogP contribution in [0.15, 0.2) is 73.3 Å². The molecule has 6 aliphatic heterocycles. The van der Waals surface area contributed by atoms with Gasteiger partial charge in [-0.2, -0.15) is 0 Å². The Bertz CT molecular complexity index is 1790. The van der Waals surface area contributed by atoms with Crippen LogP contribution in [-0.4, -0.2) is 98.4 Å². The van der Waals surface area contributed by atoms with Gasteiger partial charge in [-0.05, 0) is 82.1 Å². The third-order valence-electron chi connectivity index (χ3n) is 16.0. The SMILES string of the molecule is C=C[C@H]1O[C@@]2(C)C[C@H]3O[C@H]4CC[C@@]5(C)O[C@@]6(C)C[C@@H](OCc7ccccc7)[C@](C)(CCOCc7ccccc7)O[C@@H]6C[C@@H]5O[C@@H]4[C@H](C)C[C@@H]3O[C@@H]2C[C@@H]1O[Si](C)(C)C(C)(C)C. The molecule has 10 heteroatoms. The maximum absolute atomic E-state index is 7.38. The van der Waals surface area contributed by atoms with Crippen LogP contribution in [0.4, 0.5) is 0 Å². The Balaban J connectivity index is 0.971. The quantitative estimate of drug-likeness (QED) is 0.125. The van der Waals surface area contributed by atoms with E-state index in [0.717, 1.165) is 56.1 Å². The van der Waals surface area contributed by atoms with Gasteiger partial charge < -0.3 is 42.3 Å². The fourth-order valence-electron chi connectivity index (χ4n) is 11.1. The fraction of sp³-hybridized carbons (Fsp3) is 0.725. The summed E-state index contributed by atoms with van der Waals surface area (Å²) in [6.45, 7) is 28.5. The molecular formula is C51H76O9Si. The van der Waals surface area contributed by atoms with Crippen molar-refractivity contribution in [3.05, 3.63) is 84.4 Å². The minimum Gasteiger partial charge on any atom is -0.411 e. The Hall–Kier alpha value is -1.96. The number of hydrogen-bond donors (Lipinski definition) is 0. The van der Waals surface area contributed by atoms with Crippen LogP contribution in [0.25, 0.3) is 0 Å². The van der Waals surface area contributed by atoms with Crippen LogP contribution in [-0.2, 0) is 55.5 Å². The predicted octanol–water partition coefficient (Wildman–Crippen LogP) is 10.3. The van der Waals surface area contributed by atoms with Crippen molar-refractivity contribution >= 4 is 8.32 Å². The number of ether oxygens (including phenoxy) is 8. The van der Waals surface area contributed by atoms with E-state index >= 15 is 0 Å². The topological polar surface area (TPSA) is 83.1 Å². The third-order valence-corrected chi connectivity index (χ3v) is 20.5. The molecule has 6 aliphatic rings. The molecule has 61 heavy (non-hydrogen) atoms. The monoisotopic (exact) mass is 861 g/mol. The van der Waals surface area contributed by atoms with Crippen molar-refractivity contribution < 1.29 is 42.3 Å². The van der Waals surface area contributed by atoms with E-state index in [1.807, 2.05) is 18.2 Å². The van der Waals surface area contributed by atoms with Crippen molar-refractivity contribution in [2.75, 3.05) is 6.61 Å². The van der Waals surface area contributed by atoms with Gasteiger partial charge in [0.25, 0.3) is 0 Å². The first-order chi connectivity index (χ1) is 28.8. The summed E-state index contributed by atoms with van der Waals surface area (Å²) in [7, 11) is -2.05. The van der Waals surface area contributed by atoms with Gasteiger partial charge in [0.15, 0.2) is 8.32 Å². The number of fused-ring (bicyclic) bond motifs is 5. The lowest BCUT2D eigenvalue weighted by Crippen LogP contribution is -2.69. The predicted molar refractivity (Wildman–Crippen MR) is 240 cm³/mol. The average molecular weight is 861 g/mol. The molecule has 0 unspecified atom stereocenters. The summed E-state index contributed by atoms with van der Waals surface area (Å²) in [6, 6.07) is 20.7. The van der Waals surface area contributed by atoms with Gasteiger partial charge in [0, 0.05) is 38.7 Å². The molecule has 0 N–H and O–H groups in total. The van der Waals surface area contributed by atoms with Crippen LogP contribution in [0, 0.1) is 5.92 Å². The first-order valence-corrected chi connectivity index (χ1v) is 26.3. The summed E-state index contributed by atoms with van der Waals surface area (Å²) >= 11 is 0. The smallest absolute Gasteiger partial charge is 0.192 e. The van der Waals surface area contributed by atoms with E-state index in [0.29, 0.717) is 26.2 Å². The molecule has 0 aliphatic carbocycles. The molecular weight excluding hydrogens is 785 g/mol. The molecule has 6 saturated heterocycles. The Morgan fingerprint density at radius 1 is 0.754 bits per heavy atom. The van der Waals surface area contributed by atoms with Gasteiger partial charge in [0.1, 0.15) is 6.10 Å². The van der Waals surface area contributed by atoms with E-state index in [1.54, 1.807) is 0 Å². The second-order valence-electron chi connectivity index (χ2n) is 21.9. The molecule has 338 valence electrons. The van der Waals surface area contributed by atoms with Crippen LogP contribution in [0.1, 0.15) is 118 Å². The van der Waals surface area contributed by atoms with Gasteiger partial charge in [-0.1, -0.05) is 94.4 Å². The van der Waals surface area contributed by atoms with Crippen molar-refractivity contribution in [1.29, 1.82) is 0 Å². The highest BCUT2D eigenvalue weighted by Crippen LogP contribution is 2.53. The summed E-state index contributed by atoms with van der Waals surface area (Å²) in [4.78, 5) is 0. The Kier molecular flexibility index (Phi) is 13.0. The van der Waals surface area contributed by atoms with E-state index in [-0.39, 0.29) is 72.0 Å². The molecule has 2 aromatic rings. The lowest BCUT2D eigenvalue weighted by molar-refractivity contribution is -0.345. The number of benzene rings is 2. The standard InChI is InChI=1S/C51H76O9Si/c1-12-37-40(59-61(10,11)47(3,4)5)28-42-50(8,57-37)30-41-39(55-42)27-34(2)46-38(54-41)23-24-49(7)43(56-46)29-44-51(9,60-49)31-45(53-33-36-21-17-14-18-22-36)48(6,58-44)25-26-52-32-35-19-15-13-16-20-35/h12-22,34,37-46H,1,23-33H2,2-11H3/t34-,37-,38+,39+,40+,41-,42-,43+,44-,45-,46-,48+,49-,50+,51+/m1/s1. The van der Waals surface area contributed by atoms with Crippen LogP contribution in [0.2, 0.25) is 18.1 Å². The van der Waals surface area contributed by atoms with Gasteiger partial charge in [-0.25, -0.2) is 0 Å². The van der Waals surface area contributed by atoms with E-state index < -0.39 is 30.7 Å². The van der Waals surface area contributed by atoms with Crippen molar-refractivity contribution in [1.82, 2.24) is 0 Å². The van der Waals surface area contributed by atoms with Crippen molar-refractivity contribution in [3.8, 4) is 0 Å². The van der Waals surface area contributed by atoms with Crippen molar-refractivity contribution in [2.45, 2.75) is 222 Å². The highest BCUT2D eigenvalue weighted by molar-refractivity contribution is 6.74. The second-order valence-corrected chi connectivity index (χ2v) is 26.6. The average Bonchev–Trinajstić information content (AvgIpc) is 3.42. The van der Waals surface area contributed by atoms with E-state index in [2.05, 4.69) is 124 Å². The molecule has 0 bridgehead atoms. The lowest BCUT2D eigenvalue weighted by atomic mass is 9.73. The minimum absolute atomic E-state index is 0.0439. The zero-order valence-corrected chi connectivity index (χ0v) is 39.9. The van der Waals surface area contributed by atoms with E-state index in [9.17, 15) is 0 Å². The van der Waals surface area contributed by atoms with Crippen LogP contribution in [0.3, 0.4) is 0 Å². The van der Waals surface area contributed by atoms with Crippen molar-refractivity contribution in [3.63, 3.8) is 0 Å². The Morgan fingerprint density at radius 2 is 1.43 bits per heavy atom. The largest absolute Gasteiger partial charge is 0.411 e.